The van der Waals surface area contributed by atoms with Crippen LogP contribution in [0.15, 0.2) is 188 Å². The summed E-state index contributed by atoms with van der Waals surface area (Å²) in [5.41, 5.74) is 14.7. The van der Waals surface area contributed by atoms with Crippen molar-refractivity contribution in [3.63, 3.8) is 0 Å². The highest BCUT2D eigenvalue weighted by molar-refractivity contribution is 6.09. The normalized spacial score (nSPS) is 13.2. The molecule has 3 heterocycles. The molecule has 60 heavy (non-hydrogen) atoms. The molecule has 0 saturated heterocycles. The lowest BCUT2D eigenvalue weighted by molar-refractivity contribution is 0.361. The molecule has 2 aromatic heterocycles. The Hall–Kier alpha value is -7.76. The van der Waals surface area contributed by atoms with Crippen LogP contribution in [0.4, 0.5) is 0 Å². The van der Waals surface area contributed by atoms with Gasteiger partial charge in [-0.2, -0.15) is 0 Å². The summed E-state index contributed by atoms with van der Waals surface area (Å²) in [7, 11) is 0. The van der Waals surface area contributed by atoms with Gasteiger partial charge in [-0.05, 0) is 70.8 Å². The van der Waals surface area contributed by atoms with Crippen LogP contribution in [0.2, 0.25) is 0 Å². The molecule has 2 aliphatic rings. The molecule has 0 bridgehead atoms. The summed E-state index contributed by atoms with van der Waals surface area (Å²) >= 11 is 0. The molecule has 284 valence electrons. The Kier molecular flexibility index (Phi) is 7.51. The first-order chi connectivity index (χ1) is 29.5. The van der Waals surface area contributed by atoms with E-state index in [2.05, 4.69) is 170 Å². The van der Waals surface area contributed by atoms with Gasteiger partial charge in [0.25, 0.3) is 0 Å². The molecule has 0 spiro atoms. The van der Waals surface area contributed by atoms with Gasteiger partial charge in [0.2, 0.25) is 0 Å². The van der Waals surface area contributed by atoms with E-state index in [0.29, 0.717) is 17.3 Å². The lowest BCUT2D eigenvalue weighted by Crippen LogP contribution is -2.15. The van der Waals surface area contributed by atoms with Gasteiger partial charge < -0.3 is 14.0 Å². The Labute approximate surface area is 347 Å². The van der Waals surface area contributed by atoms with E-state index in [9.17, 15) is 0 Å². The van der Waals surface area contributed by atoms with Gasteiger partial charge in [0.05, 0.1) is 22.4 Å². The number of rotatable bonds is 5. The first-order valence-electron chi connectivity index (χ1n) is 20.4. The Bertz CT molecular complexity index is 3290. The summed E-state index contributed by atoms with van der Waals surface area (Å²) in [6, 6.07) is 65.7. The summed E-state index contributed by atoms with van der Waals surface area (Å²) < 4.78 is 15.9. The van der Waals surface area contributed by atoms with Crippen LogP contribution in [0.25, 0.3) is 83.6 Å². The summed E-state index contributed by atoms with van der Waals surface area (Å²) in [5.74, 6) is 3.50. The van der Waals surface area contributed by atoms with Crippen LogP contribution in [0, 0.1) is 0 Å². The minimum Gasteiger partial charge on any atom is -0.449 e. The van der Waals surface area contributed by atoms with Crippen LogP contribution in [0.1, 0.15) is 25.0 Å². The third kappa shape index (κ3) is 5.26. The van der Waals surface area contributed by atoms with Crippen molar-refractivity contribution in [3.05, 3.63) is 199 Å². The van der Waals surface area contributed by atoms with Crippen LogP contribution >= 0.6 is 0 Å². The van der Waals surface area contributed by atoms with Crippen molar-refractivity contribution < 1.29 is 9.47 Å². The average Bonchev–Trinajstić information content (AvgIpc) is 3.77. The Morgan fingerprint density at radius 2 is 1.03 bits per heavy atom. The lowest BCUT2D eigenvalue weighted by Gasteiger charge is -2.26. The minimum absolute atomic E-state index is 0.153. The van der Waals surface area contributed by atoms with Gasteiger partial charge >= 0.3 is 0 Å². The summed E-state index contributed by atoms with van der Waals surface area (Å²) in [4.78, 5) is 10.4. The number of ether oxygens (including phenoxy) is 2. The summed E-state index contributed by atoms with van der Waals surface area (Å²) in [6.07, 6.45) is 0. The van der Waals surface area contributed by atoms with Gasteiger partial charge in [-0.15, -0.1) is 0 Å². The van der Waals surface area contributed by atoms with Gasteiger partial charge in [0.1, 0.15) is 0 Å². The summed E-state index contributed by atoms with van der Waals surface area (Å²) in [6.45, 7) is 4.56. The van der Waals surface area contributed by atoms with Crippen LogP contribution in [-0.2, 0) is 5.41 Å². The van der Waals surface area contributed by atoms with Gasteiger partial charge in [-0.25, -0.2) is 9.97 Å². The van der Waals surface area contributed by atoms with Crippen LogP contribution in [0.5, 0.6) is 23.0 Å². The minimum atomic E-state index is -0.153. The molecule has 0 saturated carbocycles. The molecule has 0 atom stereocenters. The number of benzene rings is 8. The Morgan fingerprint density at radius 1 is 0.433 bits per heavy atom. The van der Waals surface area contributed by atoms with Crippen molar-refractivity contribution in [2.75, 3.05) is 0 Å². The zero-order valence-electron chi connectivity index (χ0n) is 33.1. The number of aromatic nitrogens is 3. The molecule has 5 heteroatoms. The van der Waals surface area contributed by atoms with E-state index >= 15 is 0 Å². The van der Waals surface area contributed by atoms with Crippen molar-refractivity contribution >= 4 is 21.8 Å². The fourth-order valence-corrected chi connectivity index (χ4v) is 9.36. The largest absolute Gasteiger partial charge is 0.449 e. The van der Waals surface area contributed by atoms with Crippen LogP contribution in [-0.4, -0.2) is 14.5 Å². The fraction of sp³-hybridized carbons (Fsp3) is 0.0545. The highest BCUT2D eigenvalue weighted by Crippen LogP contribution is 2.59. The number of nitrogens with zero attached hydrogens (tertiary/aromatic N) is 3. The molecular weight excluding hydrogens is 735 g/mol. The van der Waals surface area contributed by atoms with Gasteiger partial charge in [0.15, 0.2) is 28.8 Å². The number of fused-ring (bicyclic) bond motifs is 9. The fourth-order valence-electron chi connectivity index (χ4n) is 9.36. The van der Waals surface area contributed by atoms with Crippen molar-refractivity contribution in [1.29, 1.82) is 0 Å². The highest BCUT2D eigenvalue weighted by atomic mass is 16.6. The predicted octanol–water partition coefficient (Wildman–Crippen LogP) is 14.4. The lowest BCUT2D eigenvalue weighted by atomic mass is 9.82. The topological polar surface area (TPSA) is 49.2 Å². The maximum Gasteiger partial charge on any atom is 0.178 e. The number of para-hydroxylation sites is 3. The molecular formula is C55H37N3O2. The molecule has 5 nitrogen and oxygen atoms in total. The van der Waals surface area contributed by atoms with E-state index < -0.39 is 0 Å². The monoisotopic (exact) mass is 771 g/mol. The highest BCUT2D eigenvalue weighted by Gasteiger charge is 2.39. The molecule has 0 unspecified atom stereocenters. The van der Waals surface area contributed by atoms with E-state index in [4.69, 9.17) is 19.4 Å². The zero-order chi connectivity index (χ0) is 40.0. The molecule has 0 N–H and O–H groups in total. The van der Waals surface area contributed by atoms with Gasteiger partial charge in [0, 0.05) is 49.7 Å². The first kappa shape index (κ1) is 34.3. The Balaban J connectivity index is 0.946. The maximum atomic E-state index is 6.98. The van der Waals surface area contributed by atoms with Crippen LogP contribution in [0.3, 0.4) is 0 Å². The van der Waals surface area contributed by atoms with E-state index in [1.807, 2.05) is 36.4 Å². The third-order valence-electron chi connectivity index (χ3n) is 12.3. The van der Waals surface area contributed by atoms with Crippen molar-refractivity contribution in [2.45, 2.75) is 19.3 Å². The second-order valence-corrected chi connectivity index (χ2v) is 16.1. The molecule has 8 aromatic carbocycles. The molecule has 12 rings (SSSR count). The number of hydrogen-bond acceptors (Lipinski definition) is 4. The third-order valence-corrected chi connectivity index (χ3v) is 12.3. The second kappa shape index (κ2) is 13.1. The Morgan fingerprint density at radius 3 is 1.80 bits per heavy atom. The standard InChI is InChI=1S/C55H37N3O2/c1-55(2)43-22-9-6-20-42(43)51-44(55)30-31-50-53(51)60-52-39(21-13-25-49(52)59-50)36-16-12-17-37(32-36)54-56-45(34-14-4-3-5-15-34)33-46(57-54)35-26-28-38(29-27-35)58-47-23-10-7-18-40(47)41-19-8-11-24-48(41)58/h3-33H,1-2H3. The quantitative estimate of drug-likeness (QED) is 0.175. The van der Waals surface area contributed by atoms with E-state index in [-0.39, 0.29) is 5.41 Å². The maximum absolute atomic E-state index is 6.98. The molecule has 0 radical (unpaired) electrons. The van der Waals surface area contributed by atoms with Crippen LogP contribution < -0.4 is 9.47 Å². The molecule has 0 amide bonds. The van der Waals surface area contributed by atoms with E-state index in [1.165, 1.54) is 38.5 Å². The van der Waals surface area contributed by atoms with Crippen molar-refractivity contribution in [3.8, 4) is 84.8 Å². The zero-order valence-corrected chi connectivity index (χ0v) is 33.1. The summed E-state index contributed by atoms with van der Waals surface area (Å²) in [5, 5.41) is 2.48. The molecule has 1 aliphatic carbocycles. The predicted molar refractivity (Wildman–Crippen MR) is 242 cm³/mol. The van der Waals surface area contributed by atoms with Gasteiger partial charge in [-0.3, -0.25) is 0 Å². The average molecular weight is 772 g/mol. The molecule has 1 aliphatic heterocycles. The van der Waals surface area contributed by atoms with Gasteiger partial charge in [-0.1, -0.05) is 153 Å². The SMILES string of the molecule is CC1(C)c2ccccc2-c2c1ccc1c2Oc2c(cccc2-c2cccc(-c3nc(-c4ccccc4)cc(-c4ccc(-n5c6ccccc6c6ccccc65)cc4)n3)c2)O1. The van der Waals surface area contributed by atoms with Crippen molar-refractivity contribution in [2.24, 2.45) is 0 Å². The van der Waals surface area contributed by atoms with E-state index in [0.717, 1.165) is 62.0 Å². The second-order valence-electron chi connectivity index (χ2n) is 16.1. The molecule has 0 fully saturated rings. The van der Waals surface area contributed by atoms with E-state index in [1.54, 1.807) is 0 Å². The number of hydrogen-bond donors (Lipinski definition) is 0. The first-order valence-corrected chi connectivity index (χ1v) is 20.4. The molecule has 10 aromatic rings. The smallest absolute Gasteiger partial charge is 0.178 e. The van der Waals surface area contributed by atoms with Crippen molar-refractivity contribution in [1.82, 2.24) is 14.5 Å².